The van der Waals surface area contributed by atoms with Gasteiger partial charge < -0.3 is 9.88 Å². The zero-order valence-electron chi connectivity index (χ0n) is 9.62. The fraction of sp³-hybridized carbons (Fsp3) is 0.636. The Morgan fingerprint density at radius 1 is 1.60 bits per heavy atom. The average Bonchev–Trinajstić information content (AvgIpc) is 2.65. The van der Waals surface area contributed by atoms with Gasteiger partial charge in [-0.25, -0.2) is 4.98 Å². The smallest absolute Gasteiger partial charge is 0.0948 e. The monoisotopic (exact) mass is 206 g/mol. The number of nitriles is 1. The van der Waals surface area contributed by atoms with Gasteiger partial charge in [-0.15, -0.1) is 0 Å². The van der Waals surface area contributed by atoms with E-state index in [1.54, 1.807) is 0 Å². The van der Waals surface area contributed by atoms with Gasteiger partial charge in [0, 0.05) is 25.8 Å². The highest BCUT2D eigenvalue weighted by Crippen LogP contribution is 2.11. The summed E-state index contributed by atoms with van der Waals surface area (Å²) < 4.78 is 2.09. The van der Waals surface area contributed by atoms with Crippen molar-refractivity contribution in [3.05, 3.63) is 18.2 Å². The van der Waals surface area contributed by atoms with Crippen molar-refractivity contribution < 1.29 is 0 Å². The van der Waals surface area contributed by atoms with Gasteiger partial charge in [-0.3, -0.25) is 0 Å². The Labute approximate surface area is 90.9 Å². The van der Waals surface area contributed by atoms with Crippen LogP contribution in [0, 0.1) is 16.7 Å². The van der Waals surface area contributed by atoms with E-state index in [9.17, 15) is 0 Å². The summed E-state index contributed by atoms with van der Waals surface area (Å²) in [5.41, 5.74) is 0.850. The minimum Gasteiger partial charge on any atom is -0.334 e. The summed E-state index contributed by atoms with van der Waals surface area (Å²) in [5.74, 6) is 0. The minimum atomic E-state index is -0.308. The van der Waals surface area contributed by atoms with Crippen molar-refractivity contribution in [3.63, 3.8) is 0 Å². The summed E-state index contributed by atoms with van der Waals surface area (Å²) in [7, 11) is 0. The number of hydrogen-bond donors (Lipinski definition) is 1. The topological polar surface area (TPSA) is 53.6 Å². The van der Waals surface area contributed by atoms with E-state index in [0.29, 0.717) is 6.54 Å². The number of imidazole rings is 1. The van der Waals surface area contributed by atoms with E-state index in [1.165, 1.54) is 0 Å². The molecule has 0 amide bonds. The van der Waals surface area contributed by atoms with E-state index in [2.05, 4.69) is 27.9 Å². The van der Waals surface area contributed by atoms with Gasteiger partial charge in [0.15, 0.2) is 0 Å². The highest BCUT2D eigenvalue weighted by molar-refractivity contribution is 4.99. The molecular weight excluding hydrogens is 188 g/mol. The lowest BCUT2D eigenvalue weighted by Crippen LogP contribution is -2.28. The number of hydrogen-bond acceptors (Lipinski definition) is 3. The van der Waals surface area contributed by atoms with E-state index >= 15 is 0 Å². The van der Waals surface area contributed by atoms with Crippen LogP contribution in [0.5, 0.6) is 0 Å². The molecule has 0 bridgehead atoms. The van der Waals surface area contributed by atoms with Crippen LogP contribution in [0.3, 0.4) is 0 Å². The maximum Gasteiger partial charge on any atom is 0.0948 e. The van der Waals surface area contributed by atoms with Crippen molar-refractivity contribution in [2.75, 3.05) is 6.54 Å². The molecule has 0 fully saturated rings. The molecule has 0 saturated carbocycles. The standard InChI is InChI=1S/C11H18N4/c1-4-15-9-14-6-10(15)5-13-8-11(2,3)7-12/h6,9,13H,4-5,8H2,1-3H3. The zero-order chi connectivity index (χ0) is 11.3. The quantitative estimate of drug-likeness (QED) is 0.795. The SMILES string of the molecule is CCn1cncc1CNCC(C)(C)C#N. The van der Waals surface area contributed by atoms with Crippen LogP contribution >= 0.6 is 0 Å². The molecule has 15 heavy (non-hydrogen) atoms. The first kappa shape index (κ1) is 11.7. The lowest BCUT2D eigenvalue weighted by molar-refractivity contribution is 0.440. The Bertz CT molecular complexity index is 346. The highest BCUT2D eigenvalue weighted by Gasteiger charge is 2.15. The number of aromatic nitrogens is 2. The van der Waals surface area contributed by atoms with Gasteiger partial charge in [0.25, 0.3) is 0 Å². The molecule has 0 unspecified atom stereocenters. The van der Waals surface area contributed by atoms with Gasteiger partial charge in [0.1, 0.15) is 0 Å². The molecule has 1 heterocycles. The van der Waals surface area contributed by atoms with Crippen LogP contribution in [0.1, 0.15) is 26.5 Å². The van der Waals surface area contributed by atoms with Crippen LogP contribution in [0.15, 0.2) is 12.5 Å². The van der Waals surface area contributed by atoms with Crippen molar-refractivity contribution in [2.24, 2.45) is 5.41 Å². The Kier molecular flexibility index (Phi) is 3.87. The molecule has 0 saturated heterocycles. The largest absolute Gasteiger partial charge is 0.334 e. The predicted molar refractivity (Wildman–Crippen MR) is 59.0 cm³/mol. The molecule has 0 atom stereocenters. The molecule has 1 aromatic rings. The van der Waals surface area contributed by atoms with Crippen molar-refractivity contribution in [1.29, 1.82) is 5.26 Å². The summed E-state index contributed by atoms with van der Waals surface area (Å²) in [6.45, 7) is 8.33. The van der Waals surface area contributed by atoms with Crippen LogP contribution in [-0.4, -0.2) is 16.1 Å². The van der Waals surface area contributed by atoms with E-state index < -0.39 is 0 Å². The zero-order valence-corrected chi connectivity index (χ0v) is 9.62. The molecule has 0 spiro atoms. The second-order valence-corrected chi connectivity index (χ2v) is 4.27. The van der Waals surface area contributed by atoms with Crippen LogP contribution in [-0.2, 0) is 13.1 Å². The predicted octanol–water partition coefficient (Wildman–Crippen LogP) is 1.54. The molecule has 0 radical (unpaired) electrons. The number of nitrogens with one attached hydrogen (secondary N) is 1. The molecule has 0 aliphatic carbocycles. The number of rotatable bonds is 5. The minimum absolute atomic E-state index is 0.308. The van der Waals surface area contributed by atoms with Crippen molar-refractivity contribution >= 4 is 0 Å². The van der Waals surface area contributed by atoms with E-state index in [0.717, 1.165) is 18.8 Å². The van der Waals surface area contributed by atoms with Gasteiger partial charge in [-0.1, -0.05) is 0 Å². The van der Waals surface area contributed by atoms with E-state index in [1.807, 2.05) is 26.4 Å². The third kappa shape index (κ3) is 3.37. The van der Waals surface area contributed by atoms with E-state index in [-0.39, 0.29) is 5.41 Å². The Balaban J connectivity index is 2.42. The Morgan fingerprint density at radius 3 is 2.93 bits per heavy atom. The summed E-state index contributed by atoms with van der Waals surface area (Å²) in [4.78, 5) is 4.09. The summed E-state index contributed by atoms with van der Waals surface area (Å²) >= 11 is 0. The van der Waals surface area contributed by atoms with Gasteiger partial charge in [-0.2, -0.15) is 5.26 Å². The highest BCUT2D eigenvalue weighted by atomic mass is 15.1. The van der Waals surface area contributed by atoms with Gasteiger partial charge in [0.2, 0.25) is 0 Å². The molecule has 4 heteroatoms. The summed E-state index contributed by atoms with van der Waals surface area (Å²) in [6, 6.07) is 2.27. The average molecular weight is 206 g/mol. The maximum atomic E-state index is 8.84. The van der Waals surface area contributed by atoms with Crippen molar-refractivity contribution in [1.82, 2.24) is 14.9 Å². The third-order valence-corrected chi connectivity index (χ3v) is 2.31. The molecule has 1 rings (SSSR count). The van der Waals surface area contributed by atoms with Gasteiger partial charge in [-0.05, 0) is 20.8 Å². The second-order valence-electron chi connectivity index (χ2n) is 4.27. The maximum absolute atomic E-state index is 8.84. The number of nitrogens with zero attached hydrogens (tertiary/aromatic N) is 3. The Morgan fingerprint density at radius 2 is 2.33 bits per heavy atom. The fourth-order valence-electron chi connectivity index (χ4n) is 1.32. The molecular formula is C11H18N4. The van der Waals surface area contributed by atoms with Crippen LogP contribution in [0.4, 0.5) is 0 Å². The second kappa shape index (κ2) is 4.94. The van der Waals surface area contributed by atoms with Gasteiger partial charge >= 0.3 is 0 Å². The first-order valence-corrected chi connectivity index (χ1v) is 5.20. The number of aryl methyl sites for hydroxylation is 1. The molecule has 1 aromatic heterocycles. The molecule has 0 aliphatic rings. The van der Waals surface area contributed by atoms with Crippen LogP contribution < -0.4 is 5.32 Å². The first-order valence-electron chi connectivity index (χ1n) is 5.20. The van der Waals surface area contributed by atoms with Crippen molar-refractivity contribution in [2.45, 2.75) is 33.9 Å². The molecule has 0 aromatic carbocycles. The molecule has 82 valence electrons. The Hall–Kier alpha value is -1.34. The first-order chi connectivity index (χ1) is 7.09. The van der Waals surface area contributed by atoms with Gasteiger partial charge in [0.05, 0.1) is 23.5 Å². The molecule has 1 N–H and O–H groups in total. The molecule has 0 aliphatic heterocycles. The van der Waals surface area contributed by atoms with Crippen LogP contribution in [0.25, 0.3) is 0 Å². The van der Waals surface area contributed by atoms with Crippen LogP contribution in [0.2, 0.25) is 0 Å². The summed E-state index contributed by atoms with van der Waals surface area (Å²) in [5, 5.41) is 12.1. The molecule has 4 nitrogen and oxygen atoms in total. The lowest BCUT2D eigenvalue weighted by atomic mass is 9.96. The third-order valence-electron chi connectivity index (χ3n) is 2.31. The van der Waals surface area contributed by atoms with E-state index in [4.69, 9.17) is 5.26 Å². The fourth-order valence-corrected chi connectivity index (χ4v) is 1.32. The summed E-state index contributed by atoms with van der Waals surface area (Å²) in [6.07, 6.45) is 3.68. The normalized spacial score (nSPS) is 11.3. The van der Waals surface area contributed by atoms with Crippen molar-refractivity contribution in [3.8, 4) is 6.07 Å². The lowest BCUT2D eigenvalue weighted by Gasteiger charge is -2.16.